The SMILES string of the molecule is Cc1cc2cc(C(c3ccc4c(C)c(-c5ccccc5)c(-c5ccccc5)c(C)c4c3)(C(F)(F)F)C(F)(F)F)ccc2cc1-c1ccccc1. The van der Waals surface area contributed by atoms with Gasteiger partial charge in [-0.3, -0.25) is 0 Å². The molecule has 0 saturated carbocycles. The standard InChI is InChI=1S/C44H32F6/c1-27-23-34-24-35(20-19-33(34)25-38(27)30-13-7-4-8-14-30)42(43(45,46)47,44(48,49)50)36-21-22-37-28(2)40(31-15-9-5-10-16-31)41(29(3)39(37)26-36)32-17-11-6-12-18-32/h4-26H,1-3H3. The molecule has 0 aromatic heterocycles. The highest BCUT2D eigenvalue weighted by molar-refractivity contribution is 6.03. The third-order valence-electron chi connectivity index (χ3n) is 9.94. The van der Waals surface area contributed by atoms with Gasteiger partial charge in [-0.1, -0.05) is 121 Å². The van der Waals surface area contributed by atoms with E-state index in [1.54, 1.807) is 19.9 Å². The van der Waals surface area contributed by atoms with Crippen LogP contribution in [0, 0.1) is 20.8 Å². The molecular formula is C44H32F6. The van der Waals surface area contributed by atoms with Crippen molar-refractivity contribution in [3.05, 3.63) is 167 Å². The summed E-state index contributed by atoms with van der Waals surface area (Å²) in [5, 5.41) is 1.76. The molecule has 0 aliphatic heterocycles. The highest BCUT2D eigenvalue weighted by Crippen LogP contribution is 2.57. The summed E-state index contributed by atoms with van der Waals surface area (Å²) in [6, 6.07) is 38.8. The zero-order valence-electron chi connectivity index (χ0n) is 27.5. The normalized spacial score (nSPS) is 12.5. The van der Waals surface area contributed by atoms with Crippen LogP contribution in [0.15, 0.2) is 140 Å². The van der Waals surface area contributed by atoms with E-state index in [2.05, 4.69) is 0 Å². The average molecular weight is 675 g/mol. The van der Waals surface area contributed by atoms with E-state index in [1.807, 2.05) is 104 Å². The van der Waals surface area contributed by atoms with Crippen molar-refractivity contribution in [2.75, 3.05) is 0 Å². The molecule has 0 aliphatic carbocycles. The van der Waals surface area contributed by atoms with Crippen LogP contribution in [0.1, 0.15) is 27.8 Å². The van der Waals surface area contributed by atoms with Crippen LogP contribution in [0.25, 0.3) is 54.9 Å². The molecular weight excluding hydrogens is 642 g/mol. The summed E-state index contributed by atoms with van der Waals surface area (Å²) in [7, 11) is 0. The van der Waals surface area contributed by atoms with Gasteiger partial charge in [0.25, 0.3) is 0 Å². The summed E-state index contributed by atoms with van der Waals surface area (Å²) in [5.41, 5.74) is 1.18. The number of fused-ring (bicyclic) bond motifs is 2. The maximum Gasteiger partial charge on any atom is 0.411 e. The number of hydrogen-bond donors (Lipinski definition) is 0. The highest BCUT2D eigenvalue weighted by Gasteiger charge is 2.72. The monoisotopic (exact) mass is 674 g/mol. The maximum absolute atomic E-state index is 15.5. The zero-order chi connectivity index (χ0) is 35.4. The topological polar surface area (TPSA) is 0 Å². The first-order chi connectivity index (χ1) is 23.8. The van der Waals surface area contributed by atoms with Crippen molar-refractivity contribution in [3.63, 3.8) is 0 Å². The van der Waals surface area contributed by atoms with E-state index in [9.17, 15) is 0 Å². The zero-order valence-corrected chi connectivity index (χ0v) is 27.5. The van der Waals surface area contributed by atoms with Gasteiger partial charge in [0.05, 0.1) is 0 Å². The maximum atomic E-state index is 15.5. The van der Waals surface area contributed by atoms with E-state index in [0.717, 1.165) is 68.8 Å². The van der Waals surface area contributed by atoms with Gasteiger partial charge in [-0.15, -0.1) is 0 Å². The quantitative estimate of drug-likeness (QED) is 0.159. The van der Waals surface area contributed by atoms with Crippen molar-refractivity contribution in [1.82, 2.24) is 0 Å². The molecule has 7 rings (SSSR count). The molecule has 0 unspecified atom stereocenters. The molecule has 0 bridgehead atoms. The Morgan fingerprint density at radius 1 is 0.400 bits per heavy atom. The Balaban J connectivity index is 1.51. The fourth-order valence-corrected chi connectivity index (χ4v) is 7.55. The molecule has 0 nitrogen and oxygen atoms in total. The summed E-state index contributed by atoms with van der Waals surface area (Å²) in [5.74, 6) is 0. The molecule has 0 radical (unpaired) electrons. The Kier molecular flexibility index (Phi) is 8.09. The Hall–Kier alpha value is -5.36. The van der Waals surface area contributed by atoms with Crippen molar-refractivity contribution < 1.29 is 26.3 Å². The first-order valence-corrected chi connectivity index (χ1v) is 16.2. The van der Waals surface area contributed by atoms with Crippen LogP contribution in [0.4, 0.5) is 26.3 Å². The molecule has 7 aromatic rings. The van der Waals surface area contributed by atoms with Gasteiger partial charge >= 0.3 is 12.4 Å². The largest absolute Gasteiger partial charge is 0.411 e. The van der Waals surface area contributed by atoms with E-state index < -0.39 is 28.9 Å². The molecule has 0 amide bonds. The van der Waals surface area contributed by atoms with Crippen LogP contribution in [0.2, 0.25) is 0 Å². The number of benzene rings is 7. The van der Waals surface area contributed by atoms with Gasteiger partial charge in [0, 0.05) is 0 Å². The molecule has 0 saturated heterocycles. The molecule has 0 aliphatic rings. The first kappa shape index (κ1) is 33.2. The minimum atomic E-state index is -5.72. The van der Waals surface area contributed by atoms with Crippen molar-refractivity contribution in [2.24, 2.45) is 0 Å². The number of alkyl halides is 6. The van der Waals surface area contributed by atoms with E-state index >= 15 is 26.3 Å². The third-order valence-corrected chi connectivity index (χ3v) is 9.94. The second-order valence-corrected chi connectivity index (χ2v) is 12.8. The molecule has 0 heterocycles. The van der Waals surface area contributed by atoms with E-state index in [0.29, 0.717) is 27.1 Å². The summed E-state index contributed by atoms with van der Waals surface area (Å²) in [4.78, 5) is 0. The molecule has 0 atom stereocenters. The van der Waals surface area contributed by atoms with Crippen molar-refractivity contribution in [1.29, 1.82) is 0 Å². The minimum Gasteiger partial charge on any atom is -0.169 e. The Morgan fingerprint density at radius 3 is 1.38 bits per heavy atom. The lowest BCUT2D eigenvalue weighted by Gasteiger charge is -2.38. The minimum absolute atomic E-state index is 0.296. The van der Waals surface area contributed by atoms with Gasteiger partial charge in [-0.25, -0.2) is 0 Å². The van der Waals surface area contributed by atoms with E-state index in [4.69, 9.17) is 0 Å². The molecule has 0 spiro atoms. The number of hydrogen-bond acceptors (Lipinski definition) is 0. The second kappa shape index (κ2) is 12.2. The summed E-state index contributed by atoms with van der Waals surface area (Å²) >= 11 is 0. The highest BCUT2D eigenvalue weighted by atomic mass is 19.4. The van der Waals surface area contributed by atoms with Crippen LogP contribution >= 0.6 is 0 Å². The third kappa shape index (κ3) is 5.25. The number of halogens is 6. The van der Waals surface area contributed by atoms with Gasteiger partial charge < -0.3 is 0 Å². The van der Waals surface area contributed by atoms with Crippen LogP contribution < -0.4 is 0 Å². The lowest BCUT2D eigenvalue weighted by Crippen LogP contribution is -2.54. The molecule has 6 heteroatoms. The lowest BCUT2D eigenvalue weighted by molar-refractivity contribution is -0.288. The molecule has 50 heavy (non-hydrogen) atoms. The van der Waals surface area contributed by atoms with E-state index in [1.165, 1.54) is 12.1 Å². The molecule has 7 aromatic carbocycles. The first-order valence-electron chi connectivity index (χ1n) is 16.2. The lowest BCUT2D eigenvalue weighted by atomic mass is 9.71. The smallest absolute Gasteiger partial charge is 0.169 e. The average Bonchev–Trinajstić information content (AvgIpc) is 3.09. The van der Waals surface area contributed by atoms with Crippen LogP contribution in [0.5, 0.6) is 0 Å². The van der Waals surface area contributed by atoms with Gasteiger partial charge in [0.15, 0.2) is 0 Å². The van der Waals surface area contributed by atoms with E-state index in [-0.39, 0.29) is 0 Å². The van der Waals surface area contributed by atoms with Gasteiger partial charge in [-0.05, 0) is 122 Å². The molecule has 250 valence electrons. The van der Waals surface area contributed by atoms with Crippen LogP contribution in [-0.4, -0.2) is 12.4 Å². The van der Waals surface area contributed by atoms with Gasteiger partial charge in [0.2, 0.25) is 5.41 Å². The Bertz CT molecular complexity index is 2340. The van der Waals surface area contributed by atoms with Crippen LogP contribution in [0.3, 0.4) is 0 Å². The molecule has 0 fully saturated rings. The Morgan fingerprint density at radius 2 is 0.860 bits per heavy atom. The summed E-state index contributed by atoms with van der Waals surface area (Å²) in [6.45, 7) is 5.44. The Labute approximate surface area is 286 Å². The second-order valence-electron chi connectivity index (χ2n) is 12.8. The predicted octanol–water partition coefficient (Wildman–Crippen LogP) is 13.3. The van der Waals surface area contributed by atoms with Crippen molar-refractivity contribution >= 4 is 21.5 Å². The fourth-order valence-electron chi connectivity index (χ4n) is 7.55. The van der Waals surface area contributed by atoms with Gasteiger partial charge in [-0.2, -0.15) is 26.3 Å². The summed E-state index contributed by atoms with van der Waals surface area (Å²) in [6.07, 6.45) is -11.4. The molecule has 0 N–H and O–H groups in total. The summed E-state index contributed by atoms with van der Waals surface area (Å²) < 4.78 is 93.0. The number of rotatable bonds is 5. The van der Waals surface area contributed by atoms with Crippen molar-refractivity contribution in [2.45, 2.75) is 38.5 Å². The van der Waals surface area contributed by atoms with Gasteiger partial charge in [0.1, 0.15) is 0 Å². The van der Waals surface area contributed by atoms with Crippen LogP contribution in [-0.2, 0) is 5.41 Å². The van der Waals surface area contributed by atoms with Crippen molar-refractivity contribution in [3.8, 4) is 33.4 Å². The number of aryl methyl sites for hydroxylation is 3. The predicted molar refractivity (Wildman–Crippen MR) is 191 cm³/mol. The fraction of sp³-hybridized carbons (Fsp3) is 0.136.